The molecule has 1 unspecified atom stereocenters. The first-order valence-electron chi connectivity index (χ1n) is 7.53. The predicted octanol–water partition coefficient (Wildman–Crippen LogP) is 3.97. The van der Waals surface area contributed by atoms with E-state index < -0.39 is 5.63 Å². The van der Waals surface area contributed by atoms with Gasteiger partial charge < -0.3 is 14.3 Å². The molecule has 0 saturated carbocycles. The Morgan fingerprint density at radius 2 is 2.00 bits per heavy atom. The molecule has 1 heterocycles. The highest BCUT2D eigenvalue weighted by molar-refractivity contribution is 5.82. The van der Waals surface area contributed by atoms with Crippen LogP contribution in [0.1, 0.15) is 26.3 Å². The summed E-state index contributed by atoms with van der Waals surface area (Å²) in [5, 5.41) is 11.0. The molecule has 0 aliphatic carbocycles. The Kier molecular flexibility index (Phi) is 5.40. The Labute approximate surface area is 135 Å². The zero-order valence-corrected chi connectivity index (χ0v) is 13.8. The smallest absolute Gasteiger partial charge is 0.336 e. The third-order valence-electron chi connectivity index (χ3n) is 3.60. The van der Waals surface area contributed by atoms with Crippen LogP contribution >= 0.6 is 0 Å². The zero-order valence-electron chi connectivity index (χ0n) is 13.8. The summed E-state index contributed by atoms with van der Waals surface area (Å²) in [6.45, 7) is 10.3. The molecule has 2 aromatic rings. The number of hydrogen-bond donors (Lipinski definition) is 1. The van der Waals surface area contributed by atoms with Crippen LogP contribution in [0.3, 0.4) is 0 Å². The number of phenols is 1. The average Bonchev–Trinajstić information content (AvgIpc) is 2.48. The lowest BCUT2D eigenvalue weighted by Crippen LogP contribution is -2.18. The largest absolute Gasteiger partial charge is 0.508 e. The van der Waals surface area contributed by atoms with Gasteiger partial charge in [-0.25, -0.2) is 4.79 Å². The molecule has 122 valence electrons. The SMILES string of the molecule is C=C(C)C(Cc1c(O)ccc2ccc(=O)oc12)OCC=C(C)C. The fourth-order valence-electron chi connectivity index (χ4n) is 2.27. The maximum atomic E-state index is 11.5. The average molecular weight is 314 g/mol. The van der Waals surface area contributed by atoms with Gasteiger partial charge in [0.05, 0.1) is 12.7 Å². The molecular formula is C19H22O4. The molecule has 0 aliphatic rings. The molecule has 1 atom stereocenters. The van der Waals surface area contributed by atoms with Crippen molar-refractivity contribution in [3.8, 4) is 5.75 Å². The van der Waals surface area contributed by atoms with Crippen LogP contribution in [-0.2, 0) is 11.2 Å². The van der Waals surface area contributed by atoms with Crippen LogP contribution in [0.2, 0.25) is 0 Å². The molecule has 4 nitrogen and oxygen atoms in total. The molecule has 0 fully saturated rings. The Bertz CT molecular complexity index is 795. The van der Waals surface area contributed by atoms with Crippen LogP contribution < -0.4 is 5.63 Å². The van der Waals surface area contributed by atoms with Gasteiger partial charge in [0.1, 0.15) is 11.3 Å². The first-order chi connectivity index (χ1) is 10.9. The third-order valence-corrected chi connectivity index (χ3v) is 3.60. The number of aromatic hydroxyl groups is 1. The van der Waals surface area contributed by atoms with Crippen molar-refractivity contribution in [3.63, 3.8) is 0 Å². The summed E-state index contributed by atoms with van der Waals surface area (Å²) in [6.07, 6.45) is 2.11. The van der Waals surface area contributed by atoms with Crippen molar-refractivity contribution >= 4 is 11.0 Å². The minimum atomic E-state index is -0.443. The number of fused-ring (bicyclic) bond motifs is 1. The summed E-state index contributed by atoms with van der Waals surface area (Å²) in [4.78, 5) is 11.5. The summed E-state index contributed by atoms with van der Waals surface area (Å²) in [5.74, 6) is 0.0870. The van der Waals surface area contributed by atoms with E-state index in [2.05, 4.69) is 6.58 Å². The number of rotatable bonds is 6. The van der Waals surface area contributed by atoms with Gasteiger partial charge >= 0.3 is 5.63 Å². The first-order valence-corrected chi connectivity index (χ1v) is 7.53. The van der Waals surface area contributed by atoms with Crippen molar-refractivity contribution in [2.75, 3.05) is 6.61 Å². The molecule has 0 aliphatic heterocycles. The van der Waals surface area contributed by atoms with Crippen molar-refractivity contribution in [1.29, 1.82) is 0 Å². The van der Waals surface area contributed by atoms with Crippen LogP contribution in [0.15, 0.2) is 57.3 Å². The molecule has 0 bridgehead atoms. The van der Waals surface area contributed by atoms with Gasteiger partial charge in [-0.3, -0.25) is 0 Å². The van der Waals surface area contributed by atoms with Crippen molar-refractivity contribution in [1.82, 2.24) is 0 Å². The third kappa shape index (κ3) is 4.33. The summed E-state index contributed by atoms with van der Waals surface area (Å²) in [7, 11) is 0. The van der Waals surface area contributed by atoms with E-state index in [4.69, 9.17) is 9.15 Å². The topological polar surface area (TPSA) is 59.7 Å². The van der Waals surface area contributed by atoms with Crippen molar-refractivity contribution in [2.45, 2.75) is 33.3 Å². The molecular weight excluding hydrogens is 292 g/mol. The van der Waals surface area contributed by atoms with Gasteiger partial charge in [-0.2, -0.15) is 0 Å². The number of benzene rings is 1. The van der Waals surface area contributed by atoms with Crippen LogP contribution in [0.25, 0.3) is 11.0 Å². The van der Waals surface area contributed by atoms with E-state index in [-0.39, 0.29) is 11.9 Å². The molecule has 2 rings (SSSR count). The summed E-state index contributed by atoms with van der Waals surface area (Å²) in [6, 6.07) is 6.37. The first kappa shape index (κ1) is 17.0. The van der Waals surface area contributed by atoms with Gasteiger partial charge in [-0.1, -0.05) is 23.8 Å². The van der Waals surface area contributed by atoms with Gasteiger partial charge in [0.25, 0.3) is 0 Å². The molecule has 4 heteroatoms. The number of phenolic OH excluding ortho intramolecular Hbond substituents is 1. The Balaban J connectivity index is 2.36. The molecule has 0 spiro atoms. The van der Waals surface area contributed by atoms with Gasteiger partial charge in [0.15, 0.2) is 0 Å². The quantitative estimate of drug-likeness (QED) is 0.647. The molecule has 1 N–H and O–H groups in total. The van der Waals surface area contributed by atoms with Crippen LogP contribution in [0.4, 0.5) is 0 Å². The predicted molar refractivity (Wildman–Crippen MR) is 91.8 cm³/mol. The molecule has 0 amide bonds. The normalized spacial score (nSPS) is 12.1. The van der Waals surface area contributed by atoms with Crippen molar-refractivity contribution in [3.05, 3.63) is 64.1 Å². The summed E-state index contributed by atoms with van der Waals surface area (Å²) < 4.78 is 11.1. The fourth-order valence-corrected chi connectivity index (χ4v) is 2.27. The Hall–Kier alpha value is -2.33. The highest BCUT2D eigenvalue weighted by Gasteiger charge is 2.17. The minimum Gasteiger partial charge on any atom is -0.508 e. The number of ether oxygens (including phenoxy) is 1. The van der Waals surface area contributed by atoms with Gasteiger partial charge in [-0.05, 0) is 39.0 Å². The lowest BCUT2D eigenvalue weighted by molar-refractivity contribution is 0.100. The Morgan fingerprint density at radius 1 is 1.30 bits per heavy atom. The fraction of sp³-hybridized carbons (Fsp3) is 0.316. The van der Waals surface area contributed by atoms with E-state index in [0.29, 0.717) is 24.2 Å². The molecule has 23 heavy (non-hydrogen) atoms. The molecule has 0 saturated heterocycles. The summed E-state index contributed by atoms with van der Waals surface area (Å²) in [5.41, 5.74) is 2.54. The maximum absolute atomic E-state index is 11.5. The second kappa shape index (κ2) is 7.29. The maximum Gasteiger partial charge on any atom is 0.336 e. The zero-order chi connectivity index (χ0) is 17.0. The highest BCUT2D eigenvalue weighted by atomic mass is 16.5. The molecule has 0 radical (unpaired) electrons. The van der Waals surface area contributed by atoms with E-state index in [0.717, 1.165) is 11.0 Å². The van der Waals surface area contributed by atoms with Gasteiger partial charge in [0, 0.05) is 23.4 Å². The second-order valence-corrected chi connectivity index (χ2v) is 5.89. The van der Waals surface area contributed by atoms with E-state index in [9.17, 15) is 9.90 Å². The number of hydrogen-bond acceptors (Lipinski definition) is 4. The van der Waals surface area contributed by atoms with Crippen molar-refractivity contribution in [2.24, 2.45) is 0 Å². The van der Waals surface area contributed by atoms with Crippen LogP contribution in [-0.4, -0.2) is 17.8 Å². The van der Waals surface area contributed by atoms with Gasteiger partial charge in [0.2, 0.25) is 0 Å². The lowest BCUT2D eigenvalue weighted by Gasteiger charge is -2.18. The van der Waals surface area contributed by atoms with E-state index >= 15 is 0 Å². The highest BCUT2D eigenvalue weighted by Crippen LogP contribution is 2.29. The van der Waals surface area contributed by atoms with Crippen LogP contribution in [0.5, 0.6) is 5.75 Å². The molecule has 1 aromatic heterocycles. The van der Waals surface area contributed by atoms with Crippen LogP contribution in [0, 0.1) is 0 Å². The standard InChI is InChI=1S/C19H22O4/c1-12(2)9-10-22-17(13(3)4)11-15-16(20)7-5-14-6-8-18(21)23-19(14)15/h5-9,17,20H,3,10-11H2,1-2,4H3. The minimum absolute atomic E-state index is 0.0870. The molecule has 1 aromatic carbocycles. The second-order valence-electron chi connectivity index (χ2n) is 5.89. The van der Waals surface area contributed by atoms with E-state index in [1.807, 2.05) is 26.8 Å². The lowest BCUT2D eigenvalue weighted by atomic mass is 10.00. The monoisotopic (exact) mass is 314 g/mol. The van der Waals surface area contributed by atoms with E-state index in [1.54, 1.807) is 18.2 Å². The summed E-state index contributed by atoms with van der Waals surface area (Å²) >= 11 is 0. The van der Waals surface area contributed by atoms with Gasteiger partial charge in [-0.15, -0.1) is 0 Å². The van der Waals surface area contributed by atoms with E-state index in [1.165, 1.54) is 11.6 Å². The number of allylic oxidation sites excluding steroid dienone is 1. The van der Waals surface area contributed by atoms with Crippen molar-refractivity contribution < 1.29 is 14.3 Å². The Morgan fingerprint density at radius 3 is 2.65 bits per heavy atom.